The first-order chi connectivity index (χ1) is 13.8. The summed E-state index contributed by atoms with van der Waals surface area (Å²) in [5, 5.41) is 18.1. The van der Waals surface area contributed by atoms with Crippen LogP contribution in [0.5, 0.6) is 0 Å². The molecule has 0 heterocycles. The van der Waals surface area contributed by atoms with Crippen molar-refractivity contribution in [3.8, 4) is 0 Å². The van der Waals surface area contributed by atoms with Gasteiger partial charge in [-0.2, -0.15) is 0 Å². The highest BCUT2D eigenvalue weighted by atomic mass is 16.5. The van der Waals surface area contributed by atoms with Crippen LogP contribution in [0.2, 0.25) is 0 Å². The number of unbranched alkanes of at least 4 members (excludes halogenated alkanes) is 4. The molecule has 0 saturated carbocycles. The van der Waals surface area contributed by atoms with Gasteiger partial charge in [-0.05, 0) is 44.4 Å². The van der Waals surface area contributed by atoms with Crippen LogP contribution in [0.25, 0.3) is 0 Å². The number of carboxylic acids is 2. The molecule has 1 unspecified atom stereocenters. The van der Waals surface area contributed by atoms with Crippen LogP contribution in [0.4, 0.5) is 0 Å². The van der Waals surface area contributed by atoms with E-state index in [4.69, 9.17) is 19.7 Å². The van der Waals surface area contributed by atoms with E-state index in [9.17, 15) is 19.2 Å². The number of hydrogen-bond acceptors (Lipinski definition) is 6. The monoisotopic (exact) mass is 406 g/mol. The highest BCUT2D eigenvalue weighted by Gasteiger charge is 2.19. The standard InChI is InChI=1S/C21H26O8/c1-3-18(22)29-14(2)9-7-5-4-6-8-12-28-21(27)15-10-11-16(19(23)24)17(13-15)20(25)26/h3,10-11,13-14H,1,4-9,12H2,2H3,(H,23,24)(H,25,26). The van der Waals surface area contributed by atoms with Crippen LogP contribution >= 0.6 is 0 Å². The van der Waals surface area contributed by atoms with Crippen molar-refractivity contribution in [1.82, 2.24) is 0 Å². The van der Waals surface area contributed by atoms with E-state index in [1.807, 2.05) is 6.92 Å². The predicted octanol–water partition coefficient (Wildman–Crippen LogP) is 3.70. The Labute approximate surface area is 169 Å². The number of rotatable bonds is 13. The molecule has 158 valence electrons. The van der Waals surface area contributed by atoms with Crippen LogP contribution in [-0.2, 0) is 14.3 Å². The lowest BCUT2D eigenvalue weighted by Crippen LogP contribution is -2.12. The topological polar surface area (TPSA) is 127 Å². The summed E-state index contributed by atoms with van der Waals surface area (Å²) in [6.07, 6.45) is 6.09. The van der Waals surface area contributed by atoms with Gasteiger partial charge in [0.15, 0.2) is 0 Å². The van der Waals surface area contributed by atoms with Crippen LogP contribution in [0.15, 0.2) is 30.9 Å². The third-order valence-electron chi connectivity index (χ3n) is 4.19. The summed E-state index contributed by atoms with van der Waals surface area (Å²) in [6.45, 7) is 5.37. The fourth-order valence-electron chi connectivity index (χ4n) is 2.65. The maximum Gasteiger partial charge on any atom is 0.338 e. The normalized spacial score (nSPS) is 11.3. The van der Waals surface area contributed by atoms with E-state index in [1.165, 1.54) is 6.07 Å². The van der Waals surface area contributed by atoms with Crippen molar-refractivity contribution in [3.05, 3.63) is 47.5 Å². The molecule has 0 aliphatic heterocycles. The molecule has 1 rings (SSSR count). The maximum absolute atomic E-state index is 12.0. The SMILES string of the molecule is C=CC(=O)OC(C)CCCCCCCOC(=O)c1ccc(C(=O)O)c(C(=O)O)c1. The van der Waals surface area contributed by atoms with Crippen molar-refractivity contribution in [2.45, 2.75) is 51.6 Å². The van der Waals surface area contributed by atoms with E-state index in [0.717, 1.165) is 50.3 Å². The van der Waals surface area contributed by atoms with Gasteiger partial charge in [-0.15, -0.1) is 0 Å². The average Bonchev–Trinajstić information content (AvgIpc) is 2.68. The number of carbonyl (C=O) groups is 4. The Morgan fingerprint density at radius 2 is 1.62 bits per heavy atom. The Hall–Kier alpha value is -3.16. The lowest BCUT2D eigenvalue weighted by molar-refractivity contribution is -0.142. The minimum absolute atomic E-state index is 0.00420. The molecule has 0 bridgehead atoms. The van der Waals surface area contributed by atoms with E-state index < -0.39 is 29.4 Å². The van der Waals surface area contributed by atoms with E-state index in [1.54, 1.807) is 0 Å². The molecule has 0 spiro atoms. The molecule has 0 aromatic heterocycles. The summed E-state index contributed by atoms with van der Waals surface area (Å²) in [4.78, 5) is 45.2. The summed E-state index contributed by atoms with van der Waals surface area (Å²) in [5.41, 5.74) is -0.849. The molecule has 29 heavy (non-hydrogen) atoms. The zero-order valence-corrected chi connectivity index (χ0v) is 16.4. The third kappa shape index (κ3) is 8.59. The summed E-state index contributed by atoms with van der Waals surface area (Å²) >= 11 is 0. The van der Waals surface area contributed by atoms with E-state index >= 15 is 0 Å². The number of benzene rings is 1. The van der Waals surface area contributed by atoms with Crippen molar-refractivity contribution in [1.29, 1.82) is 0 Å². The molecule has 0 saturated heterocycles. The third-order valence-corrected chi connectivity index (χ3v) is 4.19. The Bertz CT molecular complexity index is 753. The second-order valence-electron chi connectivity index (χ2n) is 6.51. The predicted molar refractivity (Wildman–Crippen MR) is 104 cm³/mol. The molecule has 2 N–H and O–H groups in total. The number of aromatic carboxylic acids is 2. The molecular weight excluding hydrogens is 380 g/mol. The molecular formula is C21H26O8. The first-order valence-electron chi connectivity index (χ1n) is 9.37. The van der Waals surface area contributed by atoms with Gasteiger partial charge in [0.25, 0.3) is 0 Å². The van der Waals surface area contributed by atoms with E-state index in [2.05, 4.69) is 6.58 Å². The molecule has 0 radical (unpaired) electrons. The molecule has 1 aromatic carbocycles. The van der Waals surface area contributed by atoms with Gasteiger partial charge in [0.1, 0.15) is 0 Å². The van der Waals surface area contributed by atoms with Gasteiger partial charge in [-0.25, -0.2) is 19.2 Å². The van der Waals surface area contributed by atoms with Crippen LogP contribution in [0.1, 0.15) is 76.5 Å². The number of esters is 2. The molecule has 8 nitrogen and oxygen atoms in total. The highest BCUT2D eigenvalue weighted by molar-refractivity contribution is 6.03. The van der Waals surface area contributed by atoms with Crippen LogP contribution in [0.3, 0.4) is 0 Å². The molecule has 1 aromatic rings. The minimum atomic E-state index is -1.43. The number of carboxylic acid groups (broad SMARTS) is 2. The minimum Gasteiger partial charge on any atom is -0.478 e. The molecule has 1 atom stereocenters. The largest absolute Gasteiger partial charge is 0.478 e. The van der Waals surface area contributed by atoms with Gasteiger partial charge < -0.3 is 19.7 Å². The van der Waals surface area contributed by atoms with Gasteiger partial charge in [0, 0.05) is 6.08 Å². The van der Waals surface area contributed by atoms with Gasteiger partial charge >= 0.3 is 23.9 Å². The van der Waals surface area contributed by atoms with Crippen LogP contribution < -0.4 is 0 Å². The Kier molecular flexibility index (Phi) is 10.2. The molecule has 8 heteroatoms. The van der Waals surface area contributed by atoms with E-state index in [0.29, 0.717) is 6.42 Å². The summed E-state index contributed by atoms with van der Waals surface area (Å²) in [6, 6.07) is 3.32. The molecule has 0 aliphatic carbocycles. The molecule has 0 amide bonds. The highest BCUT2D eigenvalue weighted by Crippen LogP contribution is 2.14. The zero-order valence-electron chi connectivity index (χ0n) is 16.4. The number of carbonyl (C=O) groups excluding carboxylic acids is 2. The van der Waals surface area contributed by atoms with Crippen molar-refractivity contribution < 1.29 is 38.9 Å². The lowest BCUT2D eigenvalue weighted by Gasteiger charge is -2.11. The van der Waals surface area contributed by atoms with Crippen LogP contribution in [-0.4, -0.2) is 46.8 Å². The van der Waals surface area contributed by atoms with Crippen molar-refractivity contribution >= 4 is 23.9 Å². The van der Waals surface area contributed by atoms with Gasteiger partial charge in [-0.3, -0.25) is 0 Å². The lowest BCUT2D eigenvalue weighted by atomic mass is 10.0. The smallest absolute Gasteiger partial charge is 0.338 e. The average molecular weight is 406 g/mol. The summed E-state index contributed by atoms with van der Waals surface area (Å²) < 4.78 is 10.2. The maximum atomic E-state index is 12.0. The number of hydrogen-bond donors (Lipinski definition) is 2. The molecule has 0 aliphatic rings. The Morgan fingerprint density at radius 3 is 2.24 bits per heavy atom. The van der Waals surface area contributed by atoms with Crippen molar-refractivity contribution in [2.24, 2.45) is 0 Å². The van der Waals surface area contributed by atoms with Gasteiger partial charge in [0.05, 0.1) is 29.4 Å². The zero-order chi connectivity index (χ0) is 21.8. The first kappa shape index (κ1) is 23.9. The fraction of sp³-hybridized carbons (Fsp3) is 0.429. The first-order valence-corrected chi connectivity index (χ1v) is 9.37. The summed E-state index contributed by atoms with van der Waals surface area (Å²) in [5.74, 6) is -3.92. The van der Waals surface area contributed by atoms with Crippen molar-refractivity contribution in [3.63, 3.8) is 0 Å². The Morgan fingerprint density at radius 1 is 1.00 bits per heavy atom. The number of ether oxygens (including phenoxy) is 2. The second kappa shape index (κ2) is 12.3. The fourth-order valence-corrected chi connectivity index (χ4v) is 2.65. The quantitative estimate of drug-likeness (QED) is 0.288. The van der Waals surface area contributed by atoms with E-state index in [-0.39, 0.29) is 23.8 Å². The van der Waals surface area contributed by atoms with Crippen molar-refractivity contribution in [2.75, 3.05) is 6.61 Å². The van der Waals surface area contributed by atoms with Gasteiger partial charge in [0.2, 0.25) is 0 Å². The van der Waals surface area contributed by atoms with Gasteiger partial charge in [-0.1, -0.05) is 25.8 Å². The Balaban J connectivity index is 2.28. The second-order valence-corrected chi connectivity index (χ2v) is 6.51. The molecule has 0 fully saturated rings. The van der Waals surface area contributed by atoms with Crippen LogP contribution in [0, 0.1) is 0 Å². The summed E-state index contributed by atoms with van der Waals surface area (Å²) in [7, 11) is 0.